The number of hydrogen-bond acceptors (Lipinski definition) is 5. The molecule has 0 aromatic carbocycles. The molecule has 2 saturated heterocycles. The largest absolute Gasteiger partial charge is 0.376 e. The minimum absolute atomic E-state index is 0.343. The summed E-state index contributed by atoms with van der Waals surface area (Å²) in [6.07, 6.45) is 9.90. The third-order valence-electron chi connectivity index (χ3n) is 5.91. The molecule has 2 aromatic heterocycles. The van der Waals surface area contributed by atoms with Gasteiger partial charge in [-0.2, -0.15) is 0 Å². The van der Waals surface area contributed by atoms with Gasteiger partial charge in [-0.3, -0.25) is 19.8 Å². The second kappa shape index (κ2) is 7.82. The van der Waals surface area contributed by atoms with Crippen LogP contribution in [0.4, 0.5) is 0 Å². The van der Waals surface area contributed by atoms with Crippen molar-refractivity contribution >= 4 is 0 Å². The van der Waals surface area contributed by atoms with Crippen LogP contribution in [0.25, 0.3) is 0 Å². The normalized spacial score (nSPS) is 23.0. The zero-order valence-corrected chi connectivity index (χ0v) is 15.6. The monoisotopic (exact) mass is 352 g/mol. The van der Waals surface area contributed by atoms with E-state index in [1.54, 1.807) is 0 Å². The van der Waals surface area contributed by atoms with Gasteiger partial charge in [-0.1, -0.05) is 0 Å². The molecule has 0 bridgehead atoms. The highest BCUT2D eigenvalue weighted by Gasteiger charge is 2.49. The van der Waals surface area contributed by atoms with Crippen LogP contribution in [-0.4, -0.2) is 58.6 Å². The van der Waals surface area contributed by atoms with Crippen molar-refractivity contribution in [3.8, 4) is 0 Å². The lowest BCUT2D eigenvalue weighted by Crippen LogP contribution is -2.71. The van der Waals surface area contributed by atoms with E-state index >= 15 is 0 Å². The minimum atomic E-state index is 0.343. The highest BCUT2D eigenvalue weighted by atomic mass is 16.5. The van der Waals surface area contributed by atoms with E-state index in [4.69, 9.17) is 4.74 Å². The fourth-order valence-electron chi connectivity index (χ4n) is 4.39. The molecule has 1 spiro atoms. The van der Waals surface area contributed by atoms with E-state index in [9.17, 15) is 0 Å². The quantitative estimate of drug-likeness (QED) is 0.799. The Hall–Kier alpha value is -1.82. The SMILES string of the molecule is CN1CCC(COCc2ccncc2)CC12CN(Cc1ccncc1)C2. The minimum Gasteiger partial charge on any atom is -0.376 e. The summed E-state index contributed by atoms with van der Waals surface area (Å²) in [5, 5.41) is 0. The van der Waals surface area contributed by atoms with Crippen LogP contribution in [0, 0.1) is 5.92 Å². The Morgan fingerprint density at radius 3 is 2.38 bits per heavy atom. The summed E-state index contributed by atoms with van der Waals surface area (Å²) >= 11 is 0. The van der Waals surface area contributed by atoms with E-state index in [2.05, 4.69) is 38.9 Å². The maximum absolute atomic E-state index is 6.01. The van der Waals surface area contributed by atoms with Crippen LogP contribution < -0.4 is 0 Å². The van der Waals surface area contributed by atoms with Gasteiger partial charge in [0, 0.05) is 56.6 Å². The molecule has 2 aromatic rings. The molecule has 2 aliphatic rings. The molecular formula is C21H28N4O. The molecule has 2 aliphatic heterocycles. The standard InChI is InChI=1S/C21H28N4O/c1-24-11-6-20(15-26-14-19-4-9-23-10-5-19)12-21(24)16-25(17-21)13-18-2-7-22-8-3-18/h2-5,7-10,20H,6,11-17H2,1H3. The van der Waals surface area contributed by atoms with E-state index in [1.807, 2.05) is 36.9 Å². The Bertz CT molecular complexity index is 688. The molecule has 5 nitrogen and oxygen atoms in total. The molecule has 138 valence electrons. The number of piperidine rings is 1. The Morgan fingerprint density at radius 2 is 1.69 bits per heavy atom. The van der Waals surface area contributed by atoms with Crippen LogP contribution in [0.15, 0.2) is 49.1 Å². The first-order valence-corrected chi connectivity index (χ1v) is 9.53. The number of aromatic nitrogens is 2. The average Bonchev–Trinajstić information content (AvgIpc) is 2.65. The summed E-state index contributed by atoms with van der Waals surface area (Å²) in [6.45, 7) is 6.07. The van der Waals surface area contributed by atoms with Gasteiger partial charge in [0.2, 0.25) is 0 Å². The van der Waals surface area contributed by atoms with E-state index in [0.29, 0.717) is 18.1 Å². The Kier molecular flexibility index (Phi) is 5.29. The highest BCUT2D eigenvalue weighted by Crippen LogP contribution is 2.38. The number of nitrogens with zero attached hydrogens (tertiary/aromatic N) is 4. The summed E-state index contributed by atoms with van der Waals surface area (Å²) in [4.78, 5) is 13.3. The zero-order chi connectivity index (χ0) is 17.8. The molecule has 5 heteroatoms. The Morgan fingerprint density at radius 1 is 1.04 bits per heavy atom. The van der Waals surface area contributed by atoms with Crippen LogP contribution in [0.3, 0.4) is 0 Å². The number of likely N-dealkylation sites (tertiary alicyclic amines) is 2. The predicted molar refractivity (Wildman–Crippen MR) is 101 cm³/mol. The number of ether oxygens (including phenoxy) is 1. The first kappa shape index (κ1) is 17.6. The molecule has 4 heterocycles. The lowest BCUT2D eigenvalue weighted by molar-refractivity contribution is -0.0935. The van der Waals surface area contributed by atoms with Crippen LogP contribution in [0.5, 0.6) is 0 Å². The van der Waals surface area contributed by atoms with Crippen molar-refractivity contribution in [2.24, 2.45) is 5.92 Å². The van der Waals surface area contributed by atoms with Crippen LogP contribution in [0.2, 0.25) is 0 Å². The van der Waals surface area contributed by atoms with Crippen molar-refractivity contribution in [2.75, 3.05) is 33.3 Å². The molecule has 0 amide bonds. The molecule has 1 atom stereocenters. The summed E-state index contributed by atoms with van der Waals surface area (Å²) in [5.74, 6) is 0.663. The number of pyridine rings is 2. The van der Waals surface area contributed by atoms with Crippen molar-refractivity contribution in [3.63, 3.8) is 0 Å². The molecule has 1 unspecified atom stereocenters. The summed E-state index contributed by atoms with van der Waals surface area (Å²) < 4.78 is 6.01. The molecular weight excluding hydrogens is 324 g/mol. The first-order chi connectivity index (χ1) is 12.7. The van der Waals surface area contributed by atoms with Crippen molar-refractivity contribution < 1.29 is 4.74 Å². The molecule has 0 radical (unpaired) electrons. The van der Waals surface area contributed by atoms with Crippen LogP contribution in [-0.2, 0) is 17.9 Å². The van der Waals surface area contributed by atoms with E-state index < -0.39 is 0 Å². The lowest BCUT2D eigenvalue weighted by Gasteiger charge is -2.58. The fourth-order valence-corrected chi connectivity index (χ4v) is 4.39. The maximum Gasteiger partial charge on any atom is 0.0718 e. The molecule has 4 rings (SSSR count). The summed E-state index contributed by atoms with van der Waals surface area (Å²) in [7, 11) is 2.29. The molecule has 0 N–H and O–H groups in total. The van der Waals surface area contributed by atoms with Crippen molar-refractivity contribution in [1.29, 1.82) is 0 Å². The van der Waals surface area contributed by atoms with E-state index in [-0.39, 0.29) is 0 Å². The molecule has 26 heavy (non-hydrogen) atoms. The van der Waals surface area contributed by atoms with Gasteiger partial charge in [0.1, 0.15) is 0 Å². The maximum atomic E-state index is 6.01. The van der Waals surface area contributed by atoms with Gasteiger partial charge in [-0.05, 0) is 67.7 Å². The Labute approximate surface area is 156 Å². The zero-order valence-electron chi connectivity index (χ0n) is 15.6. The average molecular weight is 352 g/mol. The van der Waals surface area contributed by atoms with Gasteiger partial charge >= 0.3 is 0 Å². The topological polar surface area (TPSA) is 41.5 Å². The predicted octanol–water partition coefficient (Wildman–Crippen LogP) is 2.59. The van der Waals surface area contributed by atoms with Crippen LogP contribution in [0.1, 0.15) is 24.0 Å². The second-order valence-electron chi connectivity index (χ2n) is 7.88. The Balaban J connectivity index is 1.26. The molecule has 0 saturated carbocycles. The third kappa shape index (κ3) is 3.95. The van der Waals surface area contributed by atoms with Crippen molar-refractivity contribution in [1.82, 2.24) is 19.8 Å². The fraction of sp³-hybridized carbons (Fsp3) is 0.524. The van der Waals surface area contributed by atoms with Gasteiger partial charge < -0.3 is 4.74 Å². The van der Waals surface area contributed by atoms with Crippen molar-refractivity contribution in [3.05, 3.63) is 60.2 Å². The van der Waals surface area contributed by atoms with Gasteiger partial charge in [0.15, 0.2) is 0 Å². The van der Waals surface area contributed by atoms with Crippen molar-refractivity contribution in [2.45, 2.75) is 31.5 Å². The molecule has 0 aliphatic carbocycles. The van der Waals surface area contributed by atoms with Gasteiger partial charge in [0.25, 0.3) is 0 Å². The van der Waals surface area contributed by atoms with E-state index in [1.165, 1.54) is 30.5 Å². The number of hydrogen-bond donors (Lipinski definition) is 0. The lowest BCUT2D eigenvalue weighted by atomic mass is 9.75. The third-order valence-corrected chi connectivity index (χ3v) is 5.91. The van der Waals surface area contributed by atoms with Gasteiger partial charge in [0.05, 0.1) is 6.61 Å². The van der Waals surface area contributed by atoms with Gasteiger partial charge in [-0.25, -0.2) is 0 Å². The second-order valence-corrected chi connectivity index (χ2v) is 7.88. The van der Waals surface area contributed by atoms with Gasteiger partial charge in [-0.15, -0.1) is 0 Å². The number of likely N-dealkylation sites (N-methyl/N-ethyl adjacent to an activating group) is 1. The molecule has 2 fully saturated rings. The first-order valence-electron chi connectivity index (χ1n) is 9.53. The van der Waals surface area contributed by atoms with E-state index in [0.717, 1.165) is 26.2 Å². The summed E-state index contributed by atoms with van der Waals surface area (Å²) in [6, 6.07) is 8.29. The smallest absolute Gasteiger partial charge is 0.0718 e. The summed E-state index contributed by atoms with van der Waals surface area (Å²) in [5.41, 5.74) is 2.90. The number of rotatable bonds is 6. The van der Waals surface area contributed by atoms with Crippen LogP contribution >= 0.6 is 0 Å². The highest BCUT2D eigenvalue weighted by molar-refractivity contribution is 5.13.